The van der Waals surface area contributed by atoms with Gasteiger partial charge in [-0.2, -0.15) is 0 Å². The maximum absolute atomic E-state index is 12.6. The largest absolute Gasteiger partial charge is 0.483 e. The van der Waals surface area contributed by atoms with E-state index in [9.17, 15) is 9.59 Å². The zero-order valence-corrected chi connectivity index (χ0v) is 18.2. The molecule has 1 aliphatic rings. The first-order valence-electron chi connectivity index (χ1n) is 10.1. The summed E-state index contributed by atoms with van der Waals surface area (Å²) in [6.45, 7) is 15.2. The Morgan fingerprint density at radius 2 is 1.79 bits per heavy atom. The van der Waals surface area contributed by atoms with Gasteiger partial charge in [-0.25, -0.2) is 0 Å². The van der Waals surface area contributed by atoms with Gasteiger partial charge in [-0.05, 0) is 50.8 Å². The van der Waals surface area contributed by atoms with Crippen LogP contribution in [0, 0.1) is 6.92 Å². The summed E-state index contributed by atoms with van der Waals surface area (Å²) in [5, 5.41) is 2.98. The zero-order valence-electron chi connectivity index (χ0n) is 18.2. The highest BCUT2D eigenvalue weighted by atomic mass is 16.5. The van der Waals surface area contributed by atoms with E-state index < -0.39 is 0 Å². The number of nitrogens with one attached hydrogen (secondary N) is 1. The summed E-state index contributed by atoms with van der Waals surface area (Å²) in [7, 11) is 0. The number of piperazine rings is 1. The molecule has 1 N–H and O–H groups in total. The topological polar surface area (TPSA) is 61.9 Å². The molecule has 0 bridgehead atoms. The average Bonchev–Trinajstić information content (AvgIpc) is 2.58. The van der Waals surface area contributed by atoms with E-state index in [-0.39, 0.29) is 24.0 Å². The molecule has 1 aliphatic heterocycles. The minimum atomic E-state index is -0.225. The first-order chi connectivity index (χ1) is 13.0. The second-order valence-electron chi connectivity index (χ2n) is 8.94. The summed E-state index contributed by atoms with van der Waals surface area (Å²) in [5.74, 6) is 1.15. The summed E-state index contributed by atoms with van der Waals surface area (Å²) >= 11 is 0. The second-order valence-corrected chi connectivity index (χ2v) is 8.94. The fraction of sp³-hybridized carbons (Fsp3) is 0.636. The summed E-state index contributed by atoms with van der Waals surface area (Å²) in [6.07, 6.45) is 0. The molecule has 0 aliphatic carbocycles. The smallest absolute Gasteiger partial charge is 0.260 e. The summed E-state index contributed by atoms with van der Waals surface area (Å²) < 4.78 is 5.87. The molecule has 0 aromatic heterocycles. The van der Waals surface area contributed by atoms with Gasteiger partial charge in [0.2, 0.25) is 5.91 Å². The van der Waals surface area contributed by atoms with Crippen LogP contribution in [0.2, 0.25) is 0 Å². The Kier molecular flexibility index (Phi) is 7.47. The van der Waals surface area contributed by atoms with E-state index in [1.807, 2.05) is 38.7 Å². The number of nitrogens with zero attached hydrogens (tertiary/aromatic N) is 2. The second kappa shape index (κ2) is 9.41. The monoisotopic (exact) mass is 389 g/mol. The van der Waals surface area contributed by atoms with Gasteiger partial charge in [-0.1, -0.05) is 26.0 Å². The Balaban J connectivity index is 1.81. The normalized spacial score (nSPS) is 15.6. The molecule has 0 unspecified atom stereocenters. The molecule has 0 spiro atoms. The molecule has 1 saturated heterocycles. The number of ether oxygens (including phenoxy) is 1. The minimum Gasteiger partial charge on any atom is -0.483 e. The van der Waals surface area contributed by atoms with Gasteiger partial charge in [-0.15, -0.1) is 0 Å². The number of hydrogen-bond acceptors (Lipinski definition) is 4. The highest BCUT2D eigenvalue weighted by molar-refractivity contribution is 5.79. The maximum Gasteiger partial charge on any atom is 0.260 e. The van der Waals surface area contributed by atoms with Gasteiger partial charge in [0.25, 0.3) is 5.91 Å². The summed E-state index contributed by atoms with van der Waals surface area (Å²) in [4.78, 5) is 28.5. The van der Waals surface area contributed by atoms with E-state index >= 15 is 0 Å². The van der Waals surface area contributed by atoms with Gasteiger partial charge in [0.15, 0.2) is 6.61 Å². The van der Waals surface area contributed by atoms with Crippen molar-refractivity contribution in [3.63, 3.8) is 0 Å². The van der Waals surface area contributed by atoms with E-state index in [2.05, 4.69) is 36.2 Å². The molecule has 1 aromatic rings. The Hall–Kier alpha value is -2.08. The Morgan fingerprint density at radius 3 is 2.36 bits per heavy atom. The van der Waals surface area contributed by atoms with Crippen molar-refractivity contribution in [2.45, 2.75) is 53.0 Å². The molecular weight excluding hydrogens is 354 g/mol. The van der Waals surface area contributed by atoms with Crippen molar-refractivity contribution >= 4 is 11.8 Å². The minimum absolute atomic E-state index is 0.00462. The molecule has 0 saturated carbocycles. The van der Waals surface area contributed by atoms with Crippen LogP contribution >= 0.6 is 0 Å². The lowest BCUT2D eigenvalue weighted by Gasteiger charge is -2.35. The van der Waals surface area contributed by atoms with E-state index in [0.29, 0.717) is 38.6 Å². The SMILES string of the molecule is Cc1ccc(C(C)C)c(OCC(=O)N2CCN(CC(=O)NC(C)(C)C)CC2)c1. The lowest BCUT2D eigenvalue weighted by atomic mass is 10.0. The number of amides is 2. The molecule has 28 heavy (non-hydrogen) atoms. The highest BCUT2D eigenvalue weighted by Crippen LogP contribution is 2.27. The lowest BCUT2D eigenvalue weighted by molar-refractivity contribution is -0.135. The zero-order chi connectivity index (χ0) is 20.9. The van der Waals surface area contributed by atoms with Crippen molar-refractivity contribution in [2.75, 3.05) is 39.3 Å². The molecule has 1 aromatic carbocycles. The molecule has 2 amide bonds. The van der Waals surface area contributed by atoms with Crippen molar-refractivity contribution in [1.82, 2.24) is 15.1 Å². The molecule has 6 heteroatoms. The third-order valence-electron chi connectivity index (χ3n) is 4.75. The molecule has 0 radical (unpaired) electrons. The van der Waals surface area contributed by atoms with Crippen molar-refractivity contribution in [3.8, 4) is 5.75 Å². The van der Waals surface area contributed by atoms with E-state index in [0.717, 1.165) is 16.9 Å². The molecule has 0 atom stereocenters. The van der Waals surface area contributed by atoms with Crippen molar-refractivity contribution < 1.29 is 14.3 Å². The third-order valence-corrected chi connectivity index (χ3v) is 4.75. The summed E-state index contributed by atoms with van der Waals surface area (Å²) in [6, 6.07) is 6.13. The molecule has 1 fully saturated rings. The molecule has 6 nitrogen and oxygen atoms in total. The first kappa shape index (κ1) is 22.2. The Labute approximate surface area is 169 Å². The van der Waals surface area contributed by atoms with E-state index in [1.165, 1.54) is 0 Å². The number of benzene rings is 1. The van der Waals surface area contributed by atoms with Gasteiger partial charge in [0, 0.05) is 31.7 Å². The number of aryl methyl sites for hydroxylation is 1. The van der Waals surface area contributed by atoms with Crippen LogP contribution in [0.15, 0.2) is 18.2 Å². The average molecular weight is 390 g/mol. The van der Waals surface area contributed by atoms with Crippen LogP contribution in [0.25, 0.3) is 0 Å². The standard InChI is InChI=1S/C22H35N3O3/c1-16(2)18-8-7-17(3)13-19(18)28-15-21(27)25-11-9-24(10-12-25)14-20(26)23-22(4,5)6/h7-8,13,16H,9-12,14-15H2,1-6H3,(H,23,26). The molecular formula is C22H35N3O3. The van der Waals surface area contributed by atoms with Gasteiger partial charge in [0.05, 0.1) is 6.54 Å². The molecule has 156 valence electrons. The third kappa shape index (κ3) is 6.82. The first-order valence-corrected chi connectivity index (χ1v) is 10.1. The van der Waals surface area contributed by atoms with Gasteiger partial charge >= 0.3 is 0 Å². The number of carbonyl (C=O) groups excluding carboxylic acids is 2. The fourth-order valence-corrected chi connectivity index (χ4v) is 3.29. The summed E-state index contributed by atoms with van der Waals surface area (Å²) in [5.41, 5.74) is 2.01. The lowest BCUT2D eigenvalue weighted by Crippen LogP contribution is -2.53. The Bertz CT molecular complexity index is 687. The van der Waals surface area contributed by atoms with Gasteiger partial charge in [0.1, 0.15) is 5.75 Å². The Morgan fingerprint density at radius 1 is 1.14 bits per heavy atom. The molecule has 2 rings (SSSR count). The van der Waals surface area contributed by atoms with E-state index in [1.54, 1.807) is 0 Å². The van der Waals surface area contributed by atoms with Crippen molar-refractivity contribution in [2.24, 2.45) is 0 Å². The van der Waals surface area contributed by atoms with Gasteiger partial charge in [-0.3, -0.25) is 14.5 Å². The van der Waals surface area contributed by atoms with Crippen molar-refractivity contribution in [1.29, 1.82) is 0 Å². The predicted octanol–water partition coefficient (Wildman–Crippen LogP) is 2.56. The van der Waals surface area contributed by atoms with Gasteiger partial charge < -0.3 is 15.0 Å². The highest BCUT2D eigenvalue weighted by Gasteiger charge is 2.24. The van der Waals surface area contributed by atoms with Crippen molar-refractivity contribution in [3.05, 3.63) is 29.3 Å². The maximum atomic E-state index is 12.6. The van der Waals surface area contributed by atoms with Crippen LogP contribution in [-0.4, -0.2) is 66.5 Å². The van der Waals surface area contributed by atoms with Crippen LogP contribution in [-0.2, 0) is 9.59 Å². The fourth-order valence-electron chi connectivity index (χ4n) is 3.29. The predicted molar refractivity (Wildman–Crippen MR) is 112 cm³/mol. The number of carbonyl (C=O) groups is 2. The van der Waals surface area contributed by atoms with E-state index in [4.69, 9.17) is 4.74 Å². The van der Waals surface area contributed by atoms with Crippen LogP contribution in [0.3, 0.4) is 0 Å². The molecule has 1 heterocycles. The quantitative estimate of drug-likeness (QED) is 0.812. The number of rotatable bonds is 6. The van der Waals surface area contributed by atoms with Crippen LogP contribution in [0.4, 0.5) is 0 Å². The van der Waals surface area contributed by atoms with Crippen LogP contribution in [0.1, 0.15) is 51.7 Å². The number of hydrogen-bond donors (Lipinski definition) is 1. The van der Waals surface area contributed by atoms with Crippen LogP contribution < -0.4 is 10.1 Å². The van der Waals surface area contributed by atoms with Crippen LogP contribution in [0.5, 0.6) is 5.75 Å².